The number of phenols is 1. The smallest absolute Gasteiger partial charge is 0.165 e. The Hall–Kier alpha value is -1.56. The fraction of sp³-hybridized carbons (Fsp3) is 0.704. The van der Waals surface area contributed by atoms with Gasteiger partial charge in [-0.1, -0.05) is 39.0 Å². The molecular formula is C27H39NO4. The van der Waals surface area contributed by atoms with Gasteiger partial charge in [0.1, 0.15) is 11.7 Å². The normalized spacial score (nSPS) is 38.2. The zero-order chi connectivity index (χ0) is 23.1. The summed E-state index contributed by atoms with van der Waals surface area (Å²) in [5.41, 5.74) is 0.0829. The summed E-state index contributed by atoms with van der Waals surface area (Å²) in [6.45, 7) is 9.28. The van der Waals surface area contributed by atoms with Crippen LogP contribution in [0.1, 0.15) is 64.5 Å². The van der Waals surface area contributed by atoms with E-state index in [1.165, 1.54) is 11.1 Å². The van der Waals surface area contributed by atoms with Gasteiger partial charge < -0.3 is 24.6 Å². The van der Waals surface area contributed by atoms with Crippen LogP contribution >= 0.6 is 0 Å². The average Bonchev–Trinajstić information content (AvgIpc) is 3.07. The number of benzene rings is 1. The molecule has 6 atom stereocenters. The molecule has 2 aliphatic carbocycles. The van der Waals surface area contributed by atoms with Gasteiger partial charge in [-0.05, 0) is 69.7 Å². The van der Waals surface area contributed by atoms with E-state index in [0.29, 0.717) is 11.8 Å². The SMILES string of the molecule is COC12C=CC[C@@]34CCN(C)[C@@H](CCC1C(C)(O)C(C)(C)C)Cc1ccc(O)c(c13)OC24. The minimum Gasteiger partial charge on any atom is -0.504 e. The molecule has 1 fully saturated rings. The van der Waals surface area contributed by atoms with Crippen LogP contribution in [0.5, 0.6) is 11.5 Å². The van der Waals surface area contributed by atoms with E-state index in [1.807, 2.05) is 6.92 Å². The van der Waals surface area contributed by atoms with Gasteiger partial charge in [-0.2, -0.15) is 0 Å². The molecule has 5 bridgehead atoms. The van der Waals surface area contributed by atoms with Crippen LogP contribution in [0.4, 0.5) is 0 Å². The first-order valence-corrected chi connectivity index (χ1v) is 12.2. The molecule has 1 spiro atoms. The molecule has 0 radical (unpaired) electrons. The molecule has 0 saturated carbocycles. The Bertz CT molecular complexity index is 948. The second-order valence-electron chi connectivity index (χ2n) is 11.9. The number of hydrogen-bond donors (Lipinski definition) is 2. The zero-order valence-corrected chi connectivity index (χ0v) is 20.4. The van der Waals surface area contributed by atoms with Crippen LogP contribution < -0.4 is 4.74 Å². The number of aromatic hydroxyl groups is 1. The highest BCUT2D eigenvalue weighted by Crippen LogP contribution is 2.62. The first-order chi connectivity index (χ1) is 15.0. The van der Waals surface area contributed by atoms with Gasteiger partial charge >= 0.3 is 0 Å². The van der Waals surface area contributed by atoms with Crippen LogP contribution in [-0.2, 0) is 16.6 Å². The predicted molar refractivity (Wildman–Crippen MR) is 125 cm³/mol. The Morgan fingerprint density at radius 3 is 2.62 bits per heavy atom. The molecule has 1 aromatic carbocycles. The van der Waals surface area contributed by atoms with Crippen molar-refractivity contribution in [1.82, 2.24) is 4.90 Å². The molecule has 1 saturated heterocycles. The van der Waals surface area contributed by atoms with Crippen LogP contribution in [0.25, 0.3) is 0 Å². The van der Waals surface area contributed by atoms with Crippen LogP contribution in [-0.4, -0.2) is 59.2 Å². The number of phenolic OH excluding ortho intramolecular Hbond substituents is 1. The van der Waals surface area contributed by atoms with Crippen LogP contribution in [0.15, 0.2) is 24.3 Å². The number of hydrogen-bond acceptors (Lipinski definition) is 5. The summed E-state index contributed by atoms with van der Waals surface area (Å²) in [6.07, 6.45) is 8.67. The van der Waals surface area contributed by atoms with Crippen molar-refractivity contribution in [2.75, 3.05) is 20.7 Å². The van der Waals surface area contributed by atoms with E-state index in [1.54, 1.807) is 13.2 Å². The molecule has 5 aliphatic rings. The molecule has 2 N–H and O–H groups in total. The Morgan fingerprint density at radius 1 is 1.19 bits per heavy atom. The maximum atomic E-state index is 12.1. The number of likely N-dealkylation sites (N-methyl/N-ethyl adjacent to an activating group) is 1. The topological polar surface area (TPSA) is 62.2 Å². The molecule has 5 heteroatoms. The van der Waals surface area contributed by atoms with Crippen molar-refractivity contribution in [3.05, 3.63) is 35.4 Å². The standard InChI is InChI=1S/C27H39NO4/c1-24(2,3)25(4,30)20-11-9-18-16-17-8-10-19(29)22-21(17)26(14-15-28(18)5)12-7-13-27(20,31-6)23(26)32-22/h7-8,10,13,18,20,23,29-30H,9,11-12,14-16H2,1-6H3/t18-,20?,23?,25?,26+,27?/m0/s1. The summed E-state index contributed by atoms with van der Waals surface area (Å²) < 4.78 is 13.2. The lowest BCUT2D eigenvalue weighted by Crippen LogP contribution is -2.67. The van der Waals surface area contributed by atoms with Crippen LogP contribution in [0.2, 0.25) is 0 Å². The third-order valence-corrected chi connectivity index (χ3v) is 9.60. The van der Waals surface area contributed by atoms with Gasteiger partial charge in [0.05, 0.1) is 5.60 Å². The molecule has 3 aliphatic heterocycles. The molecule has 0 aromatic heterocycles. The molecule has 0 amide bonds. The summed E-state index contributed by atoms with van der Waals surface area (Å²) in [5.74, 6) is 0.691. The Labute approximate surface area is 192 Å². The van der Waals surface area contributed by atoms with Crippen molar-refractivity contribution in [3.8, 4) is 11.5 Å². The van der Waals surface area contributed by atoms with Crippen LogP contribution in [0, 0.1) is 11.3 Å². The van der Waals surface area contributed by atoms with Crippen molar-refractivity contribution in [2.24, 2.45) is 11.3 Å². The molecule has 5 nitrogen and oxygen atoms in total. The minimum atomic E-state index is -0.985. The van der Waals surface area contributed by atoms with Gasteiger partial charge in [-0.15, -0.1) is 0 Å². The number of methoxy groups -OCH3 is 1. The molecule has 32 heavy (non-hydrogen) atoms. The average molecular weight is 442 g/mol. The highest BCUT2D eigenvalue weighted by Gasteiger charge is 2.66. The molecule has 176 valence electrons. The molecule has 6 rings (SSSR count). The highest BCUT2D eigenvalue weighted by molar-refractivity contribution is 5.60. The third kappa shape index (κ3) is 2.74. The lowest BCUT2D eigenvalue weighted by atomic mass is 9.54. The van der Waals surface area contributed by atoms with Crippen molar-refractivity contribution < 1.29 is 19.7 Å². The number of allylic oxidation sites excluding steroid dienone is 1. The van der Waals surface area contributed by atoms with E-state index < -0.39 is 11.2 Å². The molecule has 4 unspecified atom stereocenters. The van der Waals surface area contributed by atoms with Crippen molar-refractivity contribution in [1.29, 1.82) is 0 Å². The van der Waals surface area contributed by atoms with Gasteiger partial charge in [-0.3, -0.25) is 0 Å². The molecule has 3 heterocycles. The minimum absolute atomic E-state index is 0.159. The van der Waals surface area contributed by atoms with Gasteiger partial charge in [0.2, 0.25) is 0 Å². The van der Waals surface area contributed by atoms with Gasteiger partial charge in [0.15, 0.2) is 11.5 Å². The first-order valence-electron chi connectivity index (χ1n) is 12.2. The molecular weight excluding hydrogens is 402 g/mol. The van der Waals surface area contributed by atoms with Gasteiger partial charge in [0.25, 0.3) is 0 Å². The van der Waals surface area contributed by atoms with Crippen molar-refractivity contribution in [3.63, 3.8) is 0 Å². The predicted octanol–water partition coefficient (Wildman–Crippen LogP) is 4.19. The third-order valence-electron chi connectivity index (χ3n) is 9.60. The monoisotopic (exact) mass is 441 g/mol. The number of ether oxygens (including phenoxy) is 2. The van der Waals surface area contributed by atoms with Crippen molar-refractivity contribution >= 4 is 0 Å². The Balaban J connectivity index is 1.81. The quantitative estimate of drug-likeness (QED) is 0.674. The van der Waals surface area contributed by atoms with E-state index >= 15 is 0 Å². The summed E-state index contributed by atoms with van der Waals surface area (Å²) in [7, 11) is 4.00. The number of fused-ring (bicyclic) bond motifs is 4. The zero-order valence-electron chi connectivity index (χ0n) is 20.4. The van der Waals surface area contributed by atoms with Gasteiger partial charge in [-0.25, -0.2) is 0 Å². The van der Waals surface area contributed by atoms with Gasteiger partial charge in [0, 0.05) is 30.0 Å². The second-order valence-corrected chi connectivity index (χ2v) is 11.9. The van der Waals surface area contributed by atoms with E-state index in [4.69, 9.17) is 9.47 Å². The number of aliphatic hydroxyl groups is 1. The summed E-state index contributed by atoms with van der Waals surface area (Å²) in [5, 5.41) is 22.9. The number of rotatable bonds is 2. The fourth-order valence-electron chi connectivity index (χ4n) is 7.18. The van der Waals surface area contributed by atoms with Crippen LogP contribution in [0.3, 0.4) is 0 Å². The van der Waals surface area contributed by atoms with E-state index in [0.717, 1.165) is 38.6 Å². The molecule has 1 aromatic rings. The second kappa shape index (κ2) is 6.97. The highest BCUT2D eigenvalue weighted by atomic mass is 16.6. The van der Waals surface area contributed by atoms with E-state index in [-0.39, 0.29) is 28.6 Å². The lowest BCUT2D eigenvalue weighted by molar-refractivity contribution is -0.201. The Kier molecular flexibility index (Phi) is 4.85. The first kappa shape index (κ1) is 22.2. The summed E-state index contributed by atoms with van der Waals surface area (Å²) in [4.78, 5) is 2.50. The maximum Gasteiger partial charge on any atom is 0.165 e. The van der Waals surface area contributed by atoms with E-state index in [9.17, 15) is 10.2 Å². The lowest BCUT2D eigenvalue weighted by Gasteiger charge is -2.57. The van der Waals surface area contributed by atoms with E-state index in [2.05, 4.69) is 50.9 Å². The number of nitrogens with zero attached hydrogens (tertiary/aromatic N) is 1. The summed E-state index contributed by atoms with van der Waals surface area (Å²) in [6, 6.07) is 4.26. The van der Waals surface area contributed by atoms with Crippen molar-refractivity contribution in [2.45, 2.75) is 88.6 Å². The Morgan fingerprint density at radius 2 is 1.94 bits per heavy atom. The maximum absolute atomic E-state index is 12.1. The summed E-state index contributed by atoms with van der Waals surface area (Å²) >= 11 is 0. The fourth-order valence-corrected chi connectivity index (χ4v) is 7.18. The largest absolute Gasteiger partial charge is 0.504 e.